The Morgan fingerprint density at radius 2 is 1.93 bits per heavy atom. The van der Waals surface area contributed by atoms with Crippen LogP contribution >= 0.6 is 0 Å². The molecule has 0 spiro atoms. The van der Waals surface area contributed by atoms with Gasteiger partial charge >= 0.3 is 5.97 Å². The van der Waals surface area contributed by atoms with Gasteiger partial charge in [-0.25, -0.2) is 0 Å². The number of rotatable bonds is 4. The lowest BCUT2D eigenvalue weighted by Crippen LogP contribution is -2.58. The van der Waals surface area contributed by atoms with Crippen molar-refractivity contribution in [2.45, 2.75) is 44.6 Å². The molecule has 1 aliphatic heterocycles. The molecule has 7 heteroatoms. The SMILES string of the molecule is Cn1nc2c(c1C(=O)N1CC[C@H](O)[C@](Cc3ccccc3)(C(=O)O)C1)CCCC2. The van der Waals surface area contributed by atoms with Gasteiger partial charge in [0.2, 0.25) is 0 Å². The van der Waals surface area contributed by atoms with E-state index < -0.39 is 17.5 Å². The number of likely N-dealkylation sites (tertiary alicyclic amines) is 1. The van der Waals surface area contributed by atoms with E-state index in [9.17, 15) is 19.8 Å². The quantitative estimate of drug-likeness (QED) is 0.821. The average Bonchev–Trinajstić information content (AvgIpc) is 3.05. The van der Waals surface area contributed by atoms with Crippen molar-refractivity contribution in [3.63, 3.8) is 0 Å². The number of benzene rings is 1. The molecule has 29 heavy (non-hydrogen) atoms. The number of carboxylic acid groups (broad SMARTS) is 1. The summed E-state index contributed by atoms with van der Waals surface area (Å²) in [6.07, 6.45) is 3.22. The van der Waals surface area contributed by atoms with Crippen molar-refractivity contribution in [2.24, 2.45) is 12.5 Å². The van der Waals surface area contributed by atoms with Gasteiger partial charge in [-0.3, -0.25) is 14.3 Å². The molecular formula is C22H27N3O4. The number of aromatic nitrogens is 2. The molecule has 154 valence electrons. The summed E-state index contributed by atoms with van der Waals surface area (Å²) in [4.78, 5) is 27.3. The Morgan fingerprint density at radius 1 is 1.21 bits per heavy atom. The highest BCUT2D eigenvalue weighted by molar-refractivity contribution is 5.95. The van der Waals surface area contributed by atoms with Crippen LogP contribution in [0.5, 0.6) is 0 Å². The number of nitrogens with zero attached hydrogens (tertiary/aromatic N) is 3. The molecule has 0 radical (unpaired) electrons. The fraction of sp³-hybridized carbons (Fsp3) is 0.500. The monoisotopic (exact) mass is 397 g/mol. The number of hydrogen-bond donors (Lipinski definition) is 2. The first-order valence-corrected chi connectivity index (χ1v) is 10.2. The van der Waals surface area contributed by atoms with E-state index in [0.29, 0.717) is 12.2 Å². The Morgan fingerprint density at radius 3 is 2.66 bits per heavy atom. The van der Waals surface area contributed by atoms with Crippen molar-refractivity contribution in [1.29, 1.82) is 0 Å². The van der Waals surface area contributed by atoms with Gasteiger partial charge in [-0.2, -0.15) is 5.10 Å². The predicted molar refractivity (Wildman–Crippen MR) is 107 cm³/mol. The lowest BCUT2D eigenvalue weighted by Gasteiger charge is -2.43. The maximum atomic E-state index is 13.4. The first-order valence-electron chi connectivity index (χ1n) is 10.2. The van der Waals surface area contributed by atoms with Crippen LogP contribution in [0.25, 0.3) is 0 Å². The van der Waals surface area contributed by atoms with E-state index >= 15 is 0 Å². The molecule has 1 amide bonds. The van der Waals surface area contributed by atoms with Crippen LogP contribution in [0.15, 0.2) is 30.3 Å². The first kappa shape index (κ1) is 19.6. The number of aliphatic carboxylic acids is 1. The Bertz CT molecular complexity index is 924. The fourth-order valence-electron chi connectivity index (χ4n) is 4.77. The molecule has 2 aliphatic rings. The number of amides is 1. The second-order valence-corrected chi connectivity index (χ2v) is 8.26. The van der Waals surface area contributed by atoms with Gasteiger partial charge in [0, 0.05) is 25.7 Å². The molecule has 2 heterocycles. The second kappa shape index (κ2) is 7.63. The van der Waals surface area contributed by atoms with E-state index in [1.807, 2.05) is 30.3 Å². The fourth-order valence-corrected chi connectivity index (χ4v) is 4.77. The van der Waals surface area contributed by atoms with Crippen LogP contribution in [0.1, 0.15) is 46.6 Å². The molecule has 0 unspecified atom stereocenters. The summed E-state index contributed by atoms with van der Waals surface area (Å²) in [7, 11) is 1.78. The number of aliphatic hydroxyl groups excluding tert-OH is 1. The molecule has 1 aromatic heterocycles. The van der Waals surface area contributed by atoms with Crippen molar-refractivity contribution in [3.8, 4) is 0 Å². The van der Waals surface area contributed by atoms with Gasteiger partial charge in [-0.1, -0.05) is 30.3 Å². The number of aliphatic hydroxyl groups is 1. The zero-order valence-corrected chi connectivity index (χ0v) is 16.7. The van der Waals surface area contributed by atoms with Gasteiger partial charge in [-0.05, 0) is 44.1 Å². The van der Waals surface area contributed by atoms with Crippen molar-refractivity contribution < 1.29 is 19.8 Å². The van der Waals surface area contributed by atoms with Gasteiger partial charge in [0.25, 0.3) is 5.91 Å². The Balaban J connectivity index is 1.65. The molecule has 0 bridgehead atoms. The van der Waals surface area contributed by atoms with E-state index in [2.05, 4.69) is 5.10 Å². The minimum Gasteiger partial charge on any atom is -0.481 e. The molecule has 1 saturated heterocycles. The molecule has 4 rings (SSSR count). The third-order valence-electron chi connectivity index (χ3n) is 6.38. The summed E-state index contributed by atoms with van der Waals surface area (Å²) in [5.41, 5.74) is 1.96. The Kier molecular flexibility index (Phi) is 5.17. The van der Waals surface area contributed by atoms with Crippen molar-refractivity contribution in [3.05, 3.63) is 52.8 Å². The lowest BCUT2D eigenvalue weighted by molar-refractivity contribution is -0.161. The number of hydrogen-bond acceptors (Lipinski definition) is 4. The largest absolute Gasteiger partial charge is 0.481 e. The van der Waals surface area contributed by atoms with Crippen LogP contribution in [-0.2, 0) is 31.1 Å². The number of carboxylic acids is 1. The number of aryl methyl sites for hydroxylation is 2. The first-order chi connectivity index (χ1) is 13.9. The topological polar surface area (TPSA) is 95.7 Å². The highest BCUT2D eigenvalue weighted by atomic mass is 16.4. The molecule has 2 atom stereocenters. The summed E-state index contributed by atoms with van der Waals surface area (Å²) in [5, 5.41) is 25.3. The van der Waals surface area contributed by atoms with Gasteiger partial charge in [-0.15, -0.1) is 0 Å². The number of piperidine rings is 1. The molecule has 2 N–H and O–H groups in total. The van der Waals surface area contributed by atoms with Crippen LogP contribution in [0, 0.1) is 5.41 Å². The summed E-state index contributed by atoms with van der Waals surface area (Å²) in [5.74, 6) is -1.26. The van der Waals surface area contributed by atoms with Crippen LogP contribution in [0.3, 0.4) is 0 Å². The minimum atomic E-state index is -1.42. The average molecular weight is 397 g/mol. The summed E-state index contributed by atoms with van der Waals surface area (Å²) < 4.78 is 1.64. The summed E-state index contributed by atoms with van der Waals surface area (Å²) in [6, 6.07) is 9.29. The summed E-state index contributed by atoms with van der Waals surface area (Å²) in [6.45, 7) is 0.320. The highest BCUT2D eigenvalue weighted by Gasteiger charge is 2.50. The third kappa shape index (κ3) is 3.44. The number of carbonyl (C=O) groups is 2. The lowest BCUT2D eigenvalue weighted by atomic mass is 9.72. The Labute approximate surface area is 169 Å². The molecule has 2 aromatic rings. The van der Waals surface area contributed by atoms with Crippen LogP contribution in [0.2, 0.25) is 0 Å². The van der Waals surface area contributed by atoms with Gasteiger partial charge in [0.15, 0.2) is 0 Å². The molecular weight excluding hydrogens is 370 g/mol. The van der Waals surface area contributed by atoms with Gasteiger partial charge in [0.1, 0.15) is 11.1 Å². The minimum absolute atomic E-state index is 0.0167. The molecule has 1 aromatic carbocycles. The van der Waals surface area contributed by atoms with E-state index in [0.717, 1.165) is 42.5 Å². The van der Waals surface area contributed by atoms with Crippen molar-refractivity contribution in [1.82, 2.24) is 14.7 Å². The molecule has 0 saturated carbocycles. The van der Waals surface area contributed by atoms with E-state index in [1.54, 1.807) is 16.6 Å². The Hall–Kier alpha value is -2.67. The zero-order chi connectivity index (χ0) is 20.6. The van der Waals surface area contributed by atoms with Crippen molar-refractivity contribution in [2.75, 3.05) is 13.1 Å². The van der Waals surface area contributed by atoms with E-state index in [1.165, 1.54) is 0 Å². The van der Waals surface area contributed by atoms with E-state index in [-0.39, 0.29) is 25.3 Å². The van der Waals surface area contributed by atoms with Gasteiger partial charge in [0.05, 0.1) is 11.8 Å². The number of fused-ring (bicyclic) bond motifs is 1. The standard InChI is InChI=1S/C22H27N3O4/c1-24-19(16-9-5-6-10-17(16)23-24)20(27)25-12-11-18(26)22(14-25,21(28)29)13-15-7-3-2-4-8-15/h2-4,7-8,18,26H,5-6,9-14H2,1H3,(H,28,29)/t18-,22+/m0/s1. The smallest absolute Gasteiger partial charge is 0.314 e. The predicted octanol–water partition coefficient (Wildman–Crippen LogP) is 1.82. The zero-order valence-electron chi connectivity index (χ0n) is 16.7. The van der Waals surface area contributed by atoms with E-state index in [4.69, 9.17) is 0 Å². The van der Waals surface area contributed by atoms with Gasteiger partial charge < -0.3 is 15.1 Å². The highest BCUT2D eigenvalue weighted by Crippen LogP contribution is 2.36. The normalized spacial score (nSPS) is 24.2. The molecule has 7 nitrogen and oxygen atoms in total. The van der Waals surface area contributed by atoms with Crippen LogP contribution < -0.4 is 0 Å². The summed E-state index contributed by atoms with van der Waals surface area (Å²) >= 11 is 0. The second-order valence-electron chi connectivity index (χ2n) is 8.26. The maximum Gasteiger partial charge on any atom is 0.314 e. The van der Waals surface area contributed by atoms with Crippen LogP contribution in [-0.4, -0.2) is 56.0 Å². The van der Waals surface area contributed by atoms with Crippen molar-refractivity contribution >= 4 is 11.9 Å². The van der Waals surface area contributed by atoms with Crippen LogP contribution in [0.4, 0.5) is 0 Å². The molecule has 1 aliphatic carbocycles. The third-order valence-corrected chi connectivity index (χ3v) is 6.38. The number of carbonyl (C=O) groups excluding carboxylic acids is 1. The molecule has 1 fully saturated rings. The maximum absolute atomic E-state index is 13.4.